The standard InChI is InChI=1S/C10H18N2O4/c1-3-4-11(2)10(16)12-6-7(13)5-8(12)9(14)15/h7-8,13H,3-6H2,1-2H3,(H,14,15)/t7?,8-/m0/s1. The van der Waals surface area contributed by atoms with Crippen molar-refractivity contribution in [3.05, 3.63) is 0 Å². The Morgan fingerprint density at radius 1 is 1.50 bits per heavy atom. The van der Waals surface area contributed by atoms with Crippen LogP contribution < -0.4 is 0 Å². The number of carboxylic acids is 1. The summed E-state index contributed by atoms with van der Waals surface area (Å²) in [6.07, 6.45) is 0.192. The van der Waals surface area contributed by atoms with E-state index in [0.717, 1.165) is 6.42 Å². The number of hydrogen-bond donors (Lipinski definition) is 2. The van der Waals surface area contributed by atoms with Gasteiger partial charge in [0.05, 0.1) is 6.10 Å². The van der Waals surface area contributed by atoms with E-state index in [0.29, 0.717) is 6.54 Å². The second kappa shape index (κ2) is 5.16. The molecular formula is C10H18N2O4. The molecule has 1 aliphatic heterocycles. The molecule has 0 aromatic rings. The molecule has 1 aliphatic rings. The first-order chi connectivity index (χ1) is 7.47. The van der Waals surface area contributed by atoms with Gasteiger partial charge in [0.2, 0.25) is 0 Å². The van der Waals surface area contributed by atoms with E-state index in [2.05, 4.69) is 0 Å². The number of aliphatic hydroxyl groups excluding tert-OH is 1. The summed E-state index contributed by atoms with van der Waals surface area (Å²) in [5, 5.41) is 18.3. The maximum absolute atomic E-state index is 11.9. The van der Waals surface area contributed by atoms with Crippen molar-refractivity contribution < 1.29 is 19.8 Å². The number of nitrogens with zero attached hydrogens (tertiary/aromatic N) is 2. The van der Waals surface area contributed by atoms with E-state index >= 15 is 0 Å². The SMILES string of the molecule is CCCN(C)C(=O)N1CC(O)C[C@H]1C(=O)O. The Morgan fingerprint density at radius 3 is 2.62 bits per heavy atom. The molecule has 6 nitrogen and oxygen atoms in total. The number of aliphatic hydroxyl groups is 1. The Morgan fingerprint density at radius 2 is 2.12 bits per heavy atom. The summed E-state index contributed by atoms with van der Waals surface area (Å²) in [5.41, 5.74) is 0. The second-order valence-electron chi connectivity index (χ2n) is 4.10. The van der Waals surface area contributed by atoms with Crippen molar-refractivity contribution in [2.24, 2.45) is 0 Å². The number of likely N-dealkylation sites (tertiary alicyclic amines) is 1. The lowest BCUT2D eigenvalue weighted by atomic mass is 10.2. The van der Waals surface area contributed by atoms with Crippen molar-refractivity contribution in [3.8, 4) is 0 Å². The number of amides is 2. The molecule has 2 amide bonds. The van der Waals surface area contributed by atoms with E-state index < -0.39 is 18.1 Å². The molecule has 6 heteroatoms. The normalized spacial score (nSPS) is 24.6. The first kappa shape index (κ1) is 12.8. The number of aliphatic carboxylic acids is 1. The summed E-state index contributed by atoms with van der Waals surface area (Å²) in [6.45, 7) is 2.62. The maximum atomic E-state index is 11.9. The van der Waals surface area contributed by atoms with Crippen LogP contribution in [0.25, 0.3) is 0 Å². The van der Waals surface area contributed by atoms with Crippen LogP contribution in [-0.2, 0) is 4.79 Å². The molecule has 1 unspecified atom stereocenters. The summed E-state index contributed by atoms with van der Waals surface area (Å²) in [6, 6.07) is -1.23. The van der Waals surface area contributed by atoms with Crippen LogP contribution in [0.2, 0.25) is 0 Å². The summed E-state index contributed by atoms with van der Waals surface area (Å²) in [7, 11) is 1.63. The lowest BCUT2D eigenvalue weighted by molar-refractivity contribution is -0.141. The highest BCUT2D eigenvalue weighted by molar-refractivity contribution is 5.83. The molecule has 2 N–H and O–H groups in total. The minimum atomic E-state index is -1.06. The molecule has 0 aliphatic carbocycles. The van der Waals surface area contributed by atoms with Crippen LogP contribution in [0, 0.1) is 0 Å². The van der Waals surface area contributed by atoms with Gasteiger partial charge in [-0.25, -0.2) is 9.59 Å². The van der Waals surface area contributed by atoms with Crippen LogP contribution in [0.4, 0.5) is 4.79 Å². The van der Waals surface area contributed by atoms with Gasteiger partial charge in [0, 0.05) is 26.6 Å². The molecule has 92 valence electrons. The topological polar surface area (TPSA) is 81.1 Å². The number of carbonyl (C=O) groups is 2. The van der Waals surface area contributed by atoms with Crippen molar-refractivity contribution in [1.29, 1.82) is 0 Å². The summed E-state index contributed by atoms with van der Waals surface area (Å²) >= 11 is 0. The fourth-order valence-electron chi connectivity index (χ4n) is 1.91. The van der Waals surface area contributed by atoms with E-state index in [1.54, 1.807) is 7.05 Å². The largest absolute Gasteiger partial charge is 0.480 e. The average Bonchev–Trinajstić information content (AvgIpc) is 2.59. The quantitative estimate of drug-likeness (QED) is 0.713. The Kier molecular flexibility index (Phi) is 4.12. The Labute approximate surface area is 94.4 Å². The zero-order valence-corrected chi connectivity index (χ0v) is 9.59. The van der Waals surface area contributed by atoms with E-state index in [9.17, 15) is 14.7 Å². The molecule has 0 saturated carbocycles. The van der Waals surface area contributed by atoms with Gasteiger partial charge < -0.3 is 20.0 Å². The third-order valence-corrected chi connectivity index (χ3v) is 2.70. The molecule has 0 aromatic heterocycles. The van der Waals surface area contributed by atoms with E-state index in [1.165, 1.54) is 9.80 Å². The molecule has 2 atom stereocenters. The summed E-state index contributed by atoms with van der Waals surface area (Å²) in [4.78, 5) is 25.5. The van der Waals surface area contributed by atoms with E-state index in [4.69, 9.17) is 5.11 Å². The van der Waals surface area contributed by atoms with Gasteiger partial charge >= 0.3 is 12.0 Å². The van der Waals surface area contributed by atoms with Crippen molar-refractivity contribution in [2.75, 3.05) is 20.1 Å². The lowest BCUT2D eigenvalue weighted by Gasteiger charge is -2.27. The van der Waals surface area contributed by atoms with Gasteiger partial charge in [-0.3, -0.25) is 0 Å². The number of rotatable bonds is 3. The molecule has 1 fully saturated rings. The van der Waals surface area contributed by atoms with Crippen LogP contribution in [0.15, 0.2) is 0 Å². The van der Waals surface area contributed by atoms with E-state index in [1.807, 2.05) is 6.92 Å². The monoisotopic (exact) mass is 230 g/mol. The first-order valence-corrected chi connectivity index (χ1v) is 5.40. The molecule has 0 spiro atoms. The highest BCUT2D eigenvalue weighted by Crippen LogP contribution is 2.19. The van der Waals surface area contributed by atoms with Gasteiger partial charge in [-0.05, 0) is 6.42 Å². The van der Waals surface area contributed by atoms with Crippen LogP contribution in [0.5, 0.6) is 0 Å². The molecular weight excluding hydrogens is 212 g/mol. The number of carbonyl (C=O) groups excluding carboxylic acids is 1. The van der Waals surface area contributed by atoms with Crippen LogP contribution in [-0.4, -0.2) is 64.3 Å². The van der Waals surface area contributed by atoms with Gasteiger partial charge in [0.25, 0.3) is 0 Å². The molecule has 0 bridgehead atoms. The lowest BCUT2D eigenvalue weighted by Crippen LogP contribution is -2.47. The predicted octanol–water partition coefficient (Wildman–Crippen LogP) is -0.0320. The average molecular weight is 230 g/mol. The smallest absolute Gasteiger partial charge is 0.326 e. The van der Waals surface area contributed by atoms with Gasteiger partial charge in [-0.2, -0.15) is 0 Å². The minimum absolute atomic E-state index is 0.101. The van der Waals surface area contributed by atoms with Crippen molar-refractivity contribution in [2.45, 2.75) is 31.9 Å². The first-order valence-electron chi connectivity index (χ1n) is 5.40. The zero-order valence-electron chi connectivity index (χ0n) is 9.59. The minimum Gasteiger partial charge on any atom is -0.480 e. The number of urea groups is 1. The summed E-state index contributed by atoms with van der Waals surface area (Å²) < 4.78 is 0. The Balaban J connectivity index is 2.70. The molecule has 1 heterocycles. The van der Waals surface area contributed by atoms with Gasteiger partial charge in [0.1, 0.15) is 6.04 Å². The van der Waals surface area contributed by atoms with Gasteiger partial charge in [-0.1, -0.05) is 6.92 Å². The fourth-order valence-corrected chi connectivity index (χ4v) is 1.91. The predicted molar refractivity (Wildman–Crippen MR) is 57.1 cm³/mol. The fraction of sp³-hybridized carbons (Fsp3) is 0.800. The van der Waals surface area contributed by atoms with Crippen molar-refractivity contribution in [3.63, 3.8) is 0 Å². The van der Waals surface area contributed by atoms with Crippen LogP contribution in [0.1, 0.15) is 19.8 Å². The molecule has 0 radical (unpaired) electrons. The molecule has 16 heavy (non-hydrogen) atoms. The summed E-state index contributed by atoms with van der Waals surface area (Å²) in [5.74, 6) is -1.06. The Bertz CT molecular complexity index is 282. The second-order valence-corrected chi connectivity index (χ2v) is 4.10. The van der Waals surface area contributed by atoms with Crippen LogP contribution in [0.3, 0.4) is 0 Å². The van der Waals surface area contributed by atoms with Crippen molar-refractivity contribution in [1.82, 2.24) is 9.80 Å². The zero-order chi connectivity index (χ0) is 12.3. The highest BCUT2D eigenvalue weighted by atomic mass is 16.4. The number of carboxylic acid groups (broad SMARTS) is 1. The maximum Gasteiger partial charge on any atom is 0.326 e. The van der Waals surface area contributed by atoms with E-state index in [-0.39, 0.29) is 19.0 Å². The van der Waals surface area contributed by atoms with Crippen molar-refractivity contribution >= 4 is 12.0 Å². The highest BCUT2D eigenvalue weighted by Gasteiger charge is 2.39. The van der Waals surface area contributed by atoms with Gasteiger partial charge in [-0.15, -0.1) is 0 Å². The Hall–Kier alpha value is -1.30. The number of β-amino-alcohol motifs (C(OH)–C–C–N with tert-alkyl or cyclic N) is 1. The number of hydrogen-bond acceptors (Lipinski definition) is 3. The van der Waals surface area contributed by atoms with Gasteiger partial charge in [0.15, 0.2) is 0 Å². The molecule has 1 rings (SSSR count). The third-order valence-electron chi connectivity index (χ3n) is 2.70. The third kappa shape index (κ3) is 2.63. The molecule has 1 saturated heterocycles. The molecule has 0 aromatic carbocycles. The van der Waals surface area contributed by atoms with Crippen LogP contribution >= 0.6 is 0 Å².